The van der Waals surface area contributed by atoms with Crippen LogP contribution in [-0.2, 0) is 0 Å². The molecule has 10 heteroatoms. The fourth-order valence-electron chi connectivity index (χ4n) is 2.41. The minimum Gasteiger partial charge on any atom is -0.487 e. The van der Waals surface area contributed by atoms with E-state index in [1.165, 1.54) is 29.7 Å². The van der Waals surface area contributed by atoms with Crippen LogP contribution in [0.2, 0.25) is 0 Å². The van der Waals surface area contributed by atoms with E-state index in [-0.39, 0.29) is 5.69 Å². The molecule has 1 N–H and O–H groups in total. The highest BCUT2D eigenvalue weighted by molar-refractivity contribution is 9.11. The average molecular weight is 539 g/mol. The van der Waals surface area contributed by atoms with Crippen LogP contribution in [0.3, 0.4) is 0 Å². The van der Waals surface area contributed by atoms with Crippen LogP contribution in [0.5, 0.6) is 5.75 Å². The van der Waals surface area contributed by atoms with Gasteiger partial charge in [0.2, 0.25) is 0 Å². The van der Waals surface area contributed by atoms with Crippen LogP contribution in [0.1, 0.15) is 15.2 Å². The average Bonchev–Trinajstić information content (AvgIpc) is 3.10. The molecule has 1 heterocycles. The molecule has 0 aliphatic carbocycles. The number of thiophene rings is 1. The summed E-state index contributed by atoms with van der Waals surface area (Å²) in [5, 5.41) is 15.5. The number of hydrogen-bond acceptors (Lipinski definition) is 6. The quantitative estimate of drug-likeness (QED) is 0.182. The topological polar surface area (TPSA) is 93.8 Å². The molecule has 0 aliphatic heterocycles. The Bertz CT molecular complexity index is 1120. The number of benzene rings is 2. The second kappa shape index (κ2) is 9.29. The molecule has 1 amide bonds. The first kappa shape index (κ1) is 21.2. The molecule has 0 bridgehead atoms. The maximum atomic E-state index is 12.3. The zero-order valence-corrected chi connectivity index (χ0v) is 18.7. The Morgan fingerprint density at radius 2 is 2.00 bits per heavy atom. The summed E-state index contributed by atoms with van der Waals surface area (Å²) in [6, 6.07) is 9.70. The van der Waals surface area contributed by atoms with Gasteiger partial charge in [-0.05, 0) is 61.7 Å². The zero-order chi connectivity index (χ0) is 21.0. The summed E-state index contributed by atoms with van der Waals surface area (Å²) in [7, 11) is 0. The number of non-ortho nitro benzene ring substituents is 1. The van der Waals surface area contributed by atoms with Crippen molar-refractivity contribution < 1.29 is 14.5 Å². The Kier molecular flexibility index (Phi) is 6.78. The summed E-state index contributed by atoms with van der Waals surface area (Å²) < 4.78 is 7.80. The van der Waals surface area contributed by atoms with Gasteiger partial charge in [-0.25, -0.2) is 5.43 Å². The fraction of sp³-hybridized carbons (Fsp3) is 0.0526. The molecule has 3 aromatic rings. The number of fused-ring (bicyclic) bond motifs is 1. The Balaban J connectivity index is 1.71. The number of amides is 1. The van der Waals surface area contributed by atoms with Crippen molar-refractivity contribution in [3.8, 4) is 5.75 Å². The van der Waals surface area contributed by atoms with Crippen molar-refractivity contribution in [3.05, 3.63) is 78.6 Å². The first-order valence-corrected chi connectivity index (χ1v) is 10.5. The first-order chi connectivity index (χ1) is 13.9. The number of nitro groups is 1. The van der Waals surface area contributed by atoms with Gasteiger partial charge in [-0.2, -0.15) is 5.10 Å². The predicted molar refractivity (Wildman–Crippen MR) is 121 cm³/mol. The number of nitro benzene ring substituents is 1. The van der Waals surface area contributed by atoms with Gasteiger partial charge in [0.25, 0.3) is 11.6 Å². The van der Waals surface area contributed by atoms with E-state index in [0.29, 0.717) is 22.6 Å². The molecule has 148 valence electrons. The maximum Gasteiger partial charge on any atom is 0.281 e. The molecule has 0 atom stereocenters. The molecule has 0 radical (unpaired) electrons. The predicted octanol–water partition coefficient (Wildman–Crippen LogP) is 5.66. The van der Waals surface area contributed by atoms with E-state index >= 15 is 0 Å². The van der Waals surface area contributed by atoms with Gasteiger partial charge in [0, 0.05) is 22.2 Å². The van der Waals surface area contributed by atoms with Gasteiger partial charge < -0.3 is 4.74 Å². The van der Waals surface area contributed by atoms with Gasteiger partial charge in [0.05, 0.1) is 25.0 Å². The van der Waals surface area contributed by atoms with Crippen LogP contribution in [0.4, 0.5) is 5.69 Å². The van der Waals surface area contributed by atoms with Crippen LogP contribution in [0.25, 0.3) is 10.1 Å². The minimum atomic E-state index is -0.467. The molecule has 0 fully saturated rings. The third-order valence-corrected chi connectivity index (χ3v) is 5.97. The summed E-state index contributed by atoms with van der Waals surface area (Å²) in [5.74, 6) is 0.250. The number of hydrogen-bond donors (Lipinski definition) is 1. The van der Waals surface area contributed by atoms with Crippen LogP contribution < -0.4 is 10.2 Å². The maximum absolute atomic E-state index is 12.3. The third-order valence-electron chi connectivity index (χ3n) is 3.68. The largest absolute Gasteiger partial charge is 0.487 e. The van der Waals surface area contributed by atoms with Gasteiger partial charge in [0.15, 0.2) is 0 Å². The normalized spacial score (nSPS) is 11.0. The number of nitrogens with zero attached hydrogens (tertiary/aromatic N) is 2. The van der Waals surface area contributed by atoms with Gasteiger partial charge in [0.1, 0.15) is 12.4 Å². The van der Waals surface area contributed by atoms with Crippen molar-refractivity contribution in [2.75, 3.05) is 6.61 Å². The van der Waals surface area contributed by atoms with E-state index < -0.39 is 10.8 Å². The summed E-state index contributed by atoms with van der Waals surface area (Å²) in [4.78, 5) is 23.2. The van der Waals surface area contributed by atoms with Crippen LogP contribution in [0, 0.1) is 10.1 Å². The number of carbonyl (C=O) groups excluding carboxylic acids is 1. The second-order valence-electron chi connectivity index (χ2n) is 5.70. The third kappa shape index (κ3) is 5.08. The summed E-state index contributed by atoms with van der Waals surface area (Å²) >= 11 is 8.11. The molecule has 3 rings (SSSR count). The highest BCUT2D eigenvalue weighted by Gasteiger charge is 2.13. The van der Waals surface area contributed by atoms with E-state index in [1.54, 1.807) is 30.3 Å². The molecule has 29 heavy (non-hydrogen) atoms. The van der Waals surface area contributed by atoms with Crippen molar-refractivity contribution in [3.63, 3.8) is 0 Å². The second-order valence-corrected chi connectivity index (χ2v) is 8.49. The number of rotatable bonds is 7. The van der Waals surface area contributed by atoms with Crippen molar-refractivity contribution >= 4 is 71.1 Å². The number of ether oxygens (including phenoxy) is 1. The summed E-state index contributed by atoms with van der Waals surface area (Å²) in [6.45, 7) is 3.99. The lowest BCUT2D eigenvalue weighted by Crippen LogP contribution is -2.16. The van der Waals surface area contributed by atoms with Gasteiger partial charge in [-0.15, -0.1) is 11.3 Å². The molecule has 0 aliphatic rings. The molecular weight excluding hydrogens is 526 g/mol. The molecular formula is C19H13Br2N3O4S. The van der Waals surface area contributed by atoms with E-state index in [2.05, 4.69) is 49.0 Å². The van der Waals surface area contributed by atoms with E-state index in [0.717, 1.165) is 19.2 Å². The molecule has 0 spiro atoms. The van der Waals surface area contributed by atoms with Gasteiger partial charge in [-0.3, -0.25) is 14.9 Å². The molecule has 2 aromatic carbocycles. The van der Waals surface area contributed by atoms with E-state index in [4.69, 9.17) is 4.74 Å². The molecule has 1 aromatic heterocycles. The van der Waals surface area contributed by atoms with Crippen molar-refractivity contribution in [1.82, 2.24) is 5.43 Å². The summed E-state index contributed by atoms with van der Waals surface area (Å²) in [5.41, 5.74) is 3.19. The lowest BCUT2D eigenvalue weighted by molar-refractivity contribution is -0.384. The fourth-order valence-corrected chi connectivity index (χ4v) is 4.79. The Hall–Kier alpha value is -2.56. The Morgan fingerprint density at radius 1 is 1.28 bits per heavy atom. The molecule has 0 unspecified atom stereocenters. The minimum absolute atomic E-state index is 0.0167. The number of carbonyl (C=O) groups is 1. The zero-order valence-electron chi connectivity index (χ0n) is 14.7. The van der Waals surface area contributed by atoms with E-state index in [1.807, 2.05) is 0 Å². The lowest BCUT2D eigenvalue weighted by Gasteiger charge is -2.09. The monoisotopic (exact) mass is 537 g/mol. The van der Waals surface area contributed by atoms with Gasteiger partial charge in [-0.1, -0.05) is 12.7 Å². The van der Waals surface area contributed by atoms with Crippen LogP contribution in [0.15, 0.2) is 63.1 Å². The number of halogens is 2. The summed E-state index contributed by atoms with van der Waals surface area (Å²) in [6.07, 6.45) is 3.15. The standard InChI is InChI=1S/C19H13Br2N3O4S/c1-2-5-28-18-14(20)6-11(7-15(18)21)10-22-23-19(25)17-9-12-8-13(24(26)27)3-4-16(12)29-17/h2-4,6-10H,1,5H2,(H,23,25)/b22-10+. The van der Waals surface area contributed by atoms with Crippen molar-refractivity contribution in [2.45, 2.75) is 0 Å². The van der Waals surface area contributed by atoms with Crippen molar-refractivity contribution in [1.29, 1.82) is 0 Å². The van der Waals surface area contributed by atoms with Crippen LogP contribution >= 0.6 is 43.2 Å². The Labute approximate surface area is 186 Å². The highest BCUT2D eigenvalue weighted by Crippen LogP contribution is 2.34. The number of nitrogens with one attached hydrogen (secondary N) is 1. The molecule has 7 nitrogen and oxygen atoms in total. The van der Waals surface area contributed by atoms with E-state index in [9.17, 15) is 14.9 Å². The smallest absolute Gasteiger partial charge is 0.281 e. The molecule has 0 saturated heterocycles. The van der Waals surface area contributed by atoms with Gasteiger partial charge >= 0.3 is 0 Å². The van der Waals surface area contributed by atoms with Crippen molar-refractivity contribution in [2.24, 2.45) is 5.10 Å². The SMILES string of the molecule is C=CCOc1c(Br)cc(/C=N/NC(=O)c2cc3cc([N+](=O)[O-])ccc3s2)cc1Br. The molecule has 0 saturated carbocycles. The van der Waals surface area contributed by atoms with Crippen LogP contribution in [-0.4, -0.2) is 23.7 Å². The highest BCUT2D eigenvalue weighted by atomic mass is 79.9. The lowest BCUT2D eigenvalue weighted by atomic mass is 10.2. The first-order valence-electron chi connectivity index (χ1n) is 8.13. The Morgan fingerprint density at radius 3 is 2.66 bits per heavy atom. The number of hydrazone groups is 1.